The number of aromatic nitrogens is 1. The fourth-order valence-corrected chi connectivity index (χ4v) is 3.85. The number of carbonyl (C=O) groups excluding carboxylic acids is 2. The van der Waals surface area contributed by atoms with E-state index in [0.717, 1.165) is 29.0 Å². The minimum atomic E-state index is -0.164. The predicted octanol–water partition coefficient (Wildman–Crippen LogP) is 3.37. The van der Waals surface area contributed by atoms with Crippen LogP contribution in [0.5, 0.6) is 0 Å². The van der Waals surface area contributed by atoms with Gasteiger partial charge in [-0.1, -0.05) is 17.7 Å². The van der Waals surface area contributed by atoms with Gasteiger partial charge < -0.3 is 4.74 Å². The van der Waals surface area contributed by atoms with Crippen molar-refractivity contribution in [1.82, 2.24) is 4.98 Å². The first-order chi connectivity index (χ1) is 11.6. The Morgan fingerprint density at radius 3 is 2.79 bits per heavy atom. The monoisotopic (exact) mass is 344 g/mol. The largest absolute Gasteiger partial charge is 0.466 e. The van der Waals surface area contributed by atoms with Crippen molar-refractivity contribution in [3.63, 3.8) is 0 Å². The predicted molar refractivity (Wildman–Crippen MR) is 93.4 cm³/mol. The van der Waals surface area contributed by atoms with Crippen molar-refractivity contribution in [3.8, 4) is 0 Å². The van der Waals surface area contributed by atoms with E-state index < -0.39 is 0 Å². The van der Waals surface area contributed by atoms with E-state index in [2.05, 4.69) is 10.3 Å². The van der Waals surface area contributed by atoms with Crippen molar-refractivity contribution in [2.24, 2.45) is 5.92 Å². The van der Waals surface area contributed by atoms with Gasteiger partial charge in [-0.15, -0.1) is 11.3 Å². The number of rotatable bonds is 4. The molecule has 1 N–H and O–H groups in total. The summed E-state index contributed by atoms with van der Waals surface area (Å²) in [6, 6.07) is 7.42. The molecule has 1 aromatic carbocycles. The van der Waals surface area contributed by atoms with Crippen LogP contribution in [-0.4, -0.2) is 23.5 Å². The third-order valence-electron chi connectivity index (χ3n) is 4.09. The van der Waals surface area contributed by atoms with Gasteiger partial charge in [0.15, 0.2) is 5.13 Å². The maximum atomic E-state index is 12.3. The van der Waals surface area contributed by atoms with Gasteiger partial charge in [-0.3, -0.25) is 14.9 Å². The van der Waals surface area contributed by atoms with E-state index in [4.69, 9.17) is 4.74 Å². The molecule has 0 aliphatic heterocycles. The molecule has 0 spiro atoms. The number of fused-ring (bicyclic) bond motifs is 1. The Bertz CT molecular complexity index is 752. The first-order valence-electron chi connectivity index (χ1n) is 8.10. The Labute approximate surface area is 145 Å². The van der Waals surface area contributed by atoms with E-state index in [0.29, 0.717) is 23.7 Å². The molecule has 0 saturated carbocycles. The Morgan fingerprint density at radius 2 is 2.08 bits per heavy atom. The van der Waals surface area contributed by atoms with Crippen LogP contribution < -0.4 is 5.32 Å². The highest BCUT2D eigenvalue weighted by atomic mass is 32.1. The van der Waals surface area contributed by atoms with Crippen LogP contribution in [-0.2, 0) is 22.4 Å². The SMILES string of the molecule is CCOC(=O)C1CCc2nc(NC(=O)c3ccc(C)cc3)sc2C1. The average molecular weight is 344 g/mol. The molecule has 1 heterocycles. The topological polar surface area (TPSA) is 68.3 Å². The molecule has 0 saturated heterocycles. The van der Waals surface area contributed by atoms with Gasteiger partial charge in [0, 0.05) is 10.4 Å². The van der Waals surface area contributed by atoms with E-state index in [1.807, 2.05) is 26.0 Å². The number of anilines is 1. The Kier molecular flexibility index (Phi) is 4.94. The molecule has 6 heteroatoms. The molecule has 1 aliphatic carbocycles. The maximum Gasteiger partial charge on any atom is 0.309 e. The lowest BCUT2D eigenvalue weighted by atomic mass is 9.91. The van der Waals surface area contributed by atoms with E-state index in [9.17, 15) is 9.59 Å². The number of ether oxygens (including phenoxy) is 1. The van der Waals surface area contributed by atoms with Crippen LogP contribution in [0.1, 0.15) is 39.8 Å². The molecule has 126 valence electrons. The number of nitrogens with zero attached hydrogens (tertiary/aromatic N) is 1. The van der Waals surface area contributed by atoms with Gasteiger partial charge in [0.2, 0.25) is 0 Å². The lowest BCUT2D eigenvalue weighted by molar-refractivity contribution is -0.148. The summed E-state index contributed by atoms with van der Waals surface area (Å²) in [6.45, 7) is 4.21. The van der Waals surface area contributed by atoms with E-state index in [1.54, 1.807) is 12.1 Å². The van der Waals surface area contributed by atoms with Crippen molar-refractivity contribution in [3.05, 3.63) is 46.0 Å². The van der Waals surface area contributed by atoms with E-state index >= 15 is 0 Å². The number of amides is 1. The molecule has 0 fully saturated rings. The zero-order valence-corrected chi connectivity index (χ0v) is 14.6. The number of hydrogen-bond acceptors (Lipinski definition) is 5. The molecular formula is C18H20N2O3S. The highest BCUT2D eigenvalue weighted by molar-refractivity contribution is 7.15. The Balaban J connectivity index is 1.68. The van der Waals surface area contributed by atoms with Crippen LogP contribution in [0.2, 0.25) is 0 Å². The summed E-state index contributed by atoms with van der Waals surface area (Å²) in [5.41, 5.74) is 2.71. The number of nitrogens with one attached hydrogen (secondary N) is 1. The average Bonchev–Trinajstić information content (AvgIpc) is 2.96. The van der Waals surface area contributed by atoms with Gasteiger partial charge in [-0.05, 0) is 45.2 Å². The Morgan fingerprint density at radius 1 is 1.33 bits per heavy atom. The highest BCUT2D eigenvalue weighted by Crippen LogP contribution is 2.33. The van der Waals surface area contributed by atoms with Crippen molar-refractivity contribution >= 4 is 28.3 Å². The smallest absolute Gasteiger partial charge is 0.309 e. The molecule has 1 amide bonds. The number of benzene rings is 1. The summed E-state index contributed by atoms with van der Waals surface area (Å²) in [6.07, 6.45) is 2.14. The van der Waals surface area contributed by atoms with Crippen LogP contribution in [0.4, 0.5) is 5.13 Å². The minimum Gasteiger partial charge on any atom is -0.466 e. The molecule has 1 aromatic heterocycles. The molecule has 24 heavy (non-hydrogen) atoms. The zero-order valence-electron chi connectivity index (χ0n) is 13.8. The van der Waals surface area contributed by atoms with Crippen LogP contribution in [0.15, 0.2) is 24.3 Å². The fourth-order valence-electron chi connectivity index (χ4n) is 2.76. The molecule has 0 radical (unpaired) electrons. The normalized spacial score (nSPS) is 16.3. The number of hydrogen-bond donors (Lipinski definition) is 1. The van der Waals surface area contributed by atoms with Crippen LogP contribution in [0.3, 0.4) is 0 Å². The lowest BCUT2D eigenvalue weighted by Crippen LogP contribution is -2.24. The second-order valence-electron chi connectivity index (χ2n) is 5.90. The van der Waals surface area contributed by atoms with Crippen molar-refractivity contribution in [1.29, 1.82) is 0 Å². The molecule has 1 atom stereocenters. The highest BCUT2D eigenvalue weighted by Gasteiger charge is 2.28. The molecule has 1 unspecified atom stereocenters. The first-order valence-corrected chi connectivity index (χ1v) is 8.91. The van der Waals surface area contributed by atoms with Crippen molar-refractivity contribution in [2.45, 2.75) is 33.1 Å². The summed E-state index contributed by atoms with van der Waals surface area (Å²) in [7, 11) is 0. The van der Waals surface area contributed by atoms with E-state index in [-0.39, 0.29) is 17.8 Å². The molecule has 3 rings (SSSR count). The van der Waals surface area contributed by atoms with Crippen LogP contribution >= 0.6 is 11.3 Å². The summed E-state index contributed by atoms with van der Waals surface area (Å²) in [5, 5.41) is 3.45. The standard InChI is InChI=1S/C18H20N2O3S/c1-3-23-17(22)13-8-9-14-15(10-13)24-18(19-14)20-16(21)12-6-4-11(2)5-7-12/h4-7,13H,3,8-10H2,1-2H3,(H,19,20,21). The van der Waals surface area contributed by atoms with Crippen LogP contribution in [0.25, 0.3) is 0 Å². The van der Waals surface area contributed by atoms with Crippen LogP contribution in [0, 0.1) is 12.8 Å². The fraction of sp³-hybridized carbons (Fsp3) is 0.389. The van der Waals surface area contributed by atoms with Gasteiger partial charge in [0.25, 0.3) is 5.91 Å². The van der Waals surface area contributed by atoms with Gasteiger partial charge in [-0.25, -0.2) is 4.98 Å². The second-order valence-corrected chi connectivity index (χ2v) is 6.98. The molecule has 0 bridgehead atoms. The molecule has 5 nitrogen and oxygen atoms in total. The van der Waals surface area contributed by atoms with Gasteiger partial charge in [0.1, 0.15) is 0 Å². The first kappa shape index (κ1) is 16.6. The van der Waals surface area contributed by atoms with Crippen molar-refractivity contribution in [2.75, 3.05) is 11.9 Å². The van der Waals surface area contributed by atoms with E-state index in [1.165, 1.54) is 11.3 Å². The van der Waals surface area contributed by atoms with Gasteiger partial charge in [0.05, 0.1) is 18.2 Å². The minimum absolute atomic E-state index is 0.0986. The molecular weight excluding hydrogens is 324 g/mol. The molecule has 2 aromatic rings. The zero-order chi connectivity index (χ0) is 17.1. The third-order valence-corrected chi connectivity index (χ3v) is 5.13. The Hall–Kier alpha value is -2.21. The third kappa shape index (κ3) is 3.64. The van der Waals surface area contributed by atoms with Gasteiger partial charge >= 0.3 is 5.97 Å². The summed E-state index contributed by atoms with van der Waals surface area (Å²) in [4.78, 5) is 29.8. The maximum absolute atomic E-state index is 12.3. The number of carbonyl (C=O) groups is 2. The quantitative estimate of drug-likeness (QED) is 0.864. The van der Waals surface area contributed by atoms with Crippen molar-refractivity contribution < 1.29 is 14.3 Å². The second kappa shape index (κ2) is 7.13. The summed E-state index contributed by atoms with van der Waals surface area (Å²) in [5.74, 6) is -0.400. The summed E-state index contributed by atoms with van der Waals surface area (Å²) < 4.78 is 5.11. The number of thiazole rings is 1. The number of esters is 1. The lowest BCUT2D eigenvalue weighted by Gasteiger charge is -2.18. The van der Waals surface area contributed by atoms with Gasteiger partial charge in [-0.2, -0.15) is 0 Å². The summed E-state index contributed by atoms with van der Waals surface area (Å²) >= 11 is 1.45. The number of aryl methyl sites for hydroxylation is 2. The molecule has 1 aliphatic rings.